The minimum absolute atomic E-state index is 0.124. The lowest BCUT2D eigenvalue weighted by atomic mass is 9.64. The van der Waals surface area contributed by atoms with E-state index in [4.69, 9.17) is 14.2 Å². The largest absolute Gasteiger partial charge is 0.469 e. The number of rotatable bonds is 3. The third-order valence-corrected chi connectivity index (χ3v) is 4.81. The van der Waals surface area contributed by atoms with Crippen molar-refractivity contribution in [3.8, 4) is 0 Å². The van der Waals surface area contributed by atoms with Gasteiger partial charge in [-0.3, -0.25) is 4.79 Å². The Hall–Kier alpha value is -0.940. The molecule has 5 heteroatoms. The van der Waals surface area contributed by atoms with Gasteiger partial charge in [0.2, 0.25) is 0 Å². The predicted molar refractivity (Wildman–Crippen MR) is 62.8 cm³/mol. The van der Waals surface area contributed by atoms with Crippen molar-refractivity contribution in [2.75, 3.05) is 20.3 Å². The smallest absolute Gasteiger partial charge is 0.306 e. The SMILES string of the molecule is COC(=O)C[C@]1(C)C2(CC[C@]1(C)C=O)OCCO2. The fourth-order valence-corrected chi connectivity index (χ4v) is 3.22. The molecule has 2 rings (SSSR count). The molecule has 2 aliphatic rings. The Kier molecular flexibility index (Phi) is 3.23. The van der Waals surface area contributed by atoms with Gasteiger partial charge in [-0.15, -0.1) is 0 Å². The zero-order chi connectivity index (χ0) is 13.4. The van der Waals surface area contributed by atoms with Gasteiger partial charge < -0.3 is 19.0 Å². The molecule has 1 aliphatic carbocycles. The lowest BCUT2D eigenvalue weighted by Gasteiger charge is -2.44. The summed E-state index contributed by atoms with van der Waals surface area (Å²) in [5.41, 5.74) is -1.32. The monoisotopic (exact) mass is 256 g/mol. The molecule has 102 valence electrons. The Labute approximate surface area is 107 Å². The number of carbonyl (C=O) groups is 2. The molecule has 5 nitrogen and oxygen atoms in total. The fraction of sp³-hybridized carbons (Fsp3) is 0.846. The minimum Gasteiger partial charge on any atom is -0.469 e. The van der Waals surface area contributed by atoms with Crippen molar-refractivity contribution in [1.82, 2.24) is 0 Å². The lowest BCUT2D eigenvalue weighted by molar-refractivity contribution is -0.236. The van der Waals surface area contributed by atoms with Crippen LogP contribution in [0.3, 0.4) is 0 Å². The number of carbonyl (C=O) groups excluding carboxylic acids is 2. The van der Waals surface area contributed by atoms with E-state index in [9.17, 15) is 9.59 Å². The van der Waals surface area contributed by atoms with Crippen molar-refractivity contribution < 1.29 is 23.8 Å². The molecular formula is C13H20O5. The Morgan fingerprint density at radius 2 is 1.89 bits per heavy atom. The summed E-state index contributed by atoms with van der Waals surface area (Å²) in [5, 5.41) is 0. The van der Waals surface area contributed by atoms with Gasteiger partial charge in [0.25, 0.3) is 0 Å². The number of aldehydes is 1. The standard InChI is InChI=1S/C13H20O5/c1-11(9-14)4-5-13(17-6-7-18-13)12(11,2)8-10(15)16-3/h9H,4-8H2,1-3H3/t11-,12+/m1/s1. The second-order valence-corrected chi connectivity index (χ2v) is 5.57. The first kappa shape index (κ1) is 13.5. The third-order valence-electron chi connectivity index (χ3n) is 4.81. The summed E-state index contributed by atoms with van der Waals surface area (Å²) in [6.45, 7) is 4.76. The summed E-state index contributed by atoms with van der Waals surface area (Å²) in [6, 6.07) is 0. The molecule has 0 aromatic rings. The van der Waals surface area contributed by atoms with Crippen LogP contribution < -0.4 is 0 Å². The fourth-order valence-electron chi connectivity index (χ4n) is 3.22. The molecule has 18 heavy (non-hydrogen) atoms. The summed E-state index contributed by atoms with van der Waals surface area (Å²) < 4.78 is 16.3. The zero-order valence-corrected chi connectivity index (χ0v) is 11.2. The highest BCUT2D eigenvalue weighted by Gasteiger charge is 2.67. The molecule has 1 saturated carbocycles. The number of hydrogen-bond donors (Lipinski definition) is 0. The van der Waals surface area contributed by atoms with Crippen LogP contribution in [-0.4, -0.2) is 38.4 Å². The highest BCUT2D eigenvalue weighted by Crippen LogP contribution is 2.62. The summed E-state index contributed by atoms with van der Waals surface area (Å²) in [4.78, 5) is 23.2. The highest BCUT2D eigenvalue weighted by molar-refractivity contribution is 5.73. The first-order valence-corrected chi connectivity index (χ1v) is 6.24. The average Bonchev–Trinajstić information content (AvgIpc) is 2.92. The zero-order valence-electron chi connectivity index (χ0n) is 11.2. The summed E-state index contributed by atoms with van der Waals surface area (Å²) in [6.07, 6.45) is 2.34. The van der Waals surface area contributed by atoms with Gasteiger partial charge in [0.1, 0.15) is 6.29 Å². The van der Waals surface area contributed by atoms with Gasteiger partial charge in [0.15, 0.2) is 5.79 Å². The van der Waals surface area contributed by atoms with Gasteiger partial charge >= 0.3 is 5.97 Å². The van der Waals surface area contributed by atoms with Crippen LogP contribution in [0.5, 0.6) is 0 Å². The first-order valence-electron chi connectivity index (χ1n) is 6.24. The molecule has 0 N–H and O–H groups in total. The quantitative estimate of drug-likeness (QED) is 0.562. The number of methoxy groups -OCH3 is 1. The molecule has 2 fully saturated rings. The Morgan fingerprint density at radius 1 is 1.28 bits per heavy atom. The van der Waals surface area contributed by atoms with Crippen molar-refractivity contribution in [3.05, 3.63) is 0 Å². The van der Waals surface area contributed by atoms with Crippen molar-refractivity contribution in [2.45, 2.75) is 38.9 Å². The summed E-state index contributed by atoms with van der Waals surface area (Å²) in [7, 11) is 1.35. The Bertz CT molecular complexity index is 360. The summed E-state index contributed by atoms with van der Waals surface area (Å²) in [5.74, 6) is -1.16. The molecule has 1 spiro atoms. The normalized spacial score (nSPS) is 37.9. The molecule has 0 bridgehead atoms. The van der Waals surface area contributed by atoms with E-state index < -0.39 is 16.6 Å². The number of hydrogen-bond acceptors (Lipinski definition) is 5. The van der Waals surface area contributed by atoms with E-state index in [1.165, 1.54) is 7.11 Å². The average molecular weight is 256 g/mol. The van der Waals surface area contributed by atoms with Crippen LogP contribution >= 0.6 is 0 Å². The van der Waals surface area contributed by atoms with E-state index in [-0.39, 0.29) is 12.4 Å². The maximum Gasteiger partial charge on any atom is 0.306 e. The van der Waals surface area contributed by atoms with Gasteiger partial charge in [-0.25, -0.2) is 0 Å². The van der Waals surface area contributed by atoms with Crippen LogP contribution in [-0.2, 0) is 23.8 Å². The van der Waals surface area contributed by atoms with Crippen LogP contribution in [0.25, 0.3) is 0 Å². The lowest BCUT2D eigenvalue weighted by Crippen LogP contribution is -2.51. The van der Waals surface area contributed by atoms with E-state index in [1.54, 1.807) is 0 Å². The second kappa shape index (κ2) is 4.31. The molecule has 1 heterocycles. The highest BCUT2D eigenvalue weighted by atomic mass is 16.7. The maximum atomic E-state index is 11.7. The van der Waals surface area contributed by atoms with E-state index in [1.807, 2.05) is 13.8 Å². The van der Waals surface area contributed by atoms with Crippen LogP contribution in [0.15, 0.2) is 0 Å². The van der Waals surface area contributed by atoms with E-state index in [0.717, 1.165) is 6.29 Å². The van der Waals surface area contributed by atoms with E-state index >= 15 is 0 Å². The number of ether oxygens (including phenoxy) is 3. The molecule has 0 unspecified atom stereocenters. The predicted octanol–water partition coefficient (Wildman–Crippen LogP) is 1.30. The van der Waals surface area contributed by atoms with E-state index in [0.29, 0.717) is 26.1 Å². The topological polar surface area (TPSA) is 61.8 Å². The Balaban J connectivity index is 2.39. The molecule has 0 amide bonds. The molecule has 0 radical (unpaired) electrons. The van der Waals surface area contributed by atoms with Crippen molar-refractivity contribution >= 4 is 12.3 Å². The van der Waals surface area contributed by atoms with Gasteiger partial charge in [-0.2, -0.15) is 0 Å². The Morgan fingerprint density at radius 3 is 2.39 bits per heavy atom. The van der Waals surface area contributed by atoms with Crippen LogP contribution in [0, 0.1) is 10.8 Å². The summed E-state index contributed by atoms with van der Waals surface area (Å²) >= 11 is 0. The maximum absolute atomic E-state index is 11.7. The van der Waals surface area contributed by atoms with Crippen LogP contribution in [0.4, 0.5) is 0 Å². The van der Waals surface area contributed by atoms with Gasteiger partial charge in [-0.05, 0) is 6.42 Å². The van der Waals surface area contributed by atoms with Crippen LogP contribution in [0.1, 0.15) is 33.1 Å². The molecule has 0 aromatic heterocycles. The van der Waals surface area contributed by atoms with Gasteiger partial charge in [-0.1, -0.05) is 13.8 Å². The number of esters is 1. The molecule has 0 aromatic carbocycles. The van der Waals surface area contributed by atoms with E-state index in [2.05, 4.69) is 0 Å². The van der Waals surface area contributed by atoms with Crippen molar-refractivity contribution in [3.63, 3.8) is 0 Å². The third kappa shape index (κ3) is 1.61. The molecule has 1 aliphatic heterocycles. The molecular weight excluding hydrogens is 236 g/mol. The molecule has 1 saturated heterocycles. The van der Waals surface area contributed by atoms with Crippen molar-refractivity contribution in [2.24, 2.45) is 10.8 Å². The van der Waals surface area contributed by atoms with Gasteiger partial charge in [0.05, 0.1) is 26.7 Å². The first-order chi connectivity index (χ1) is 8.43. The van der Waals surface area contributed by atoms with Crippen molar-refractivity contribution in [1.29, 1.82) is 0 Å². The van der Waals surface area contributed by atoms with Crippen LogP contribution in [0.2, 0.25) is 0 Å². The minimum atomic E-state index is -0.823. The molecule has 2 atom stereocenters. The van der Waals surface area contributed by atoms with Gasteiger partial charge in [0, 0.05) is 17.3 Å². The second-order valence-electron chi connectivity index (χ2n) is 5.57.